The summed E-state index contributed by atoms with van der Waals surface area (Å²) in [5.74, 6) is -0.101. The molecule has 6 heteroatoms. The van der Waals surface area contributed by atoms with Crippen LogP contribution < -0.4 is 10.1 Å². The second-order valence-electron chi connectivity index (χ2n) is 6.62. The average molecular weight is 350 g/mol. The number of benzene rings is 1. The van der Waals surface area contributed by atoms with Gasteiger partial charge in [-0.05, 0) is 51.0 Å². The van der Waals surface area contributed by atoms with Crippen molar-refractivity contribution in [2.24, 2.45) is 0 Å². The SMILES string of the molecule is COC(=O)c1c(C(C)C)ccc(C)c1OCC(=O)NCCCN(C)C. The van der Waals surface area contributed by atoms with Crippen LogP contribution >= 0.6 is 0 Å². The Bertz CT molecular complexity index is 597. The van der Waals surface area contributed by atoms with E-state index in [2.05, 4.69) is 10.2 Å². The van der Waals surface area contributed by atoms with E-state index in [1.807, 2.05) is 47.0 Å². The Morgan fingerprint density at radius 1 is 1.24 bits per heavy atom. The third-order valence-electron chi connectivity index (χ3n) is 3.85. The maximum atomic E-state index is 12.2. The van der Waals surface area contributed by atoms with Gasteiger partial charge in [0.1, 0.15) is 11.3 Å². The lowest BCUT2D eigenvalue weighted by molar-refractivity contribution is -0.123. The summed E-state index contributed by atoms with van der Waals surface area (Å²) in [6, 6.07) is 3.80. The summed E-state index contributed by atoms with van der Waals surface area (Å²) >= 11 is 0. The van der Waals surface area contributed by atoms with Gasteiger partial charge in [0.05, 0.1) is 7.11 Å². The number of ether oxygens (including phenoxy) is 2. The normalized spacial score (nSPS) is 10.9. The first-order chi connectivity index (χ1) is 11.8. The molecule has 140 valence electrons. The molecule has 1 aromatic rings. The van der Waals surface area contributed by atoms with Gasteiger partial charge in [0, 0.05) is 6.54 Å². The first kappa shape index (κ1) is 21.0. The molecule has 6 nitrogen and oxygen atoms in total. The minimum absolute atomic E-state index is 0.131. The molecule has 1 N–H and O–H groups in total. The molecule has 0 aliphatic rings. The van der Waals surface area contributed by atoms with Crippen LogP contribution in [0.5, 0.6) is 5.75 Å². The van der Waals surface area contributed by atoms with Gasteiger partial charge in [-0.2, -0.15) is 0 Å². The zero-order chi connectivity index (χ0) is 19.0. The van der Waals surface area contributed by atoms with Crippen molar-refractivity contribution in [3.63, 3.8) is 0 Å². The van der Waals surface area contributed by atoms with Crippen LogP contribution in [0.2, 0.25) is 0 Å². The number of esters is 1. The number of hydrogen-bond donors (Lipinski definition) is 1. The van der Waals surface area contributed by atoms with Crippen LogP contribution in [0.25, 0.3) is 0 Å². The molecule has 0 spiro atoms. The number of rotatable bonds is 9. The highest BCUT2D eigenvalue weighted by Gasteiger charge is 2.22. The van der Waals surface area contributed by atoms with E-state index in [4.69, 9.17) is 9.47 Å². The fourth-order valence-corrected chi connectivity index (χ4v) is 2.49. The Morgan fingerprint density at radius 2 is 1.92 bits per heavy atom. The van der Waals surface area contributed by atoms with Gasteiger partial charge in [0.15, 0.2) is 6.61 Å². The minimum Gasteiger partial charge on any atom is -0.483 e. The van der Waals surface area contributed by atoms with Crippen molar-refractivity contribution in [1.29, 1.82) is 0 Å². The van der Waals surface area contributed by atoms with Crippen molar-refractivity contribution in [1.82, 2.24) is 10.2 Å². The molecule has 1 amide bonds. The Labute approximate surface area is 150 Å². The molecule has 1 aromatic carbocycles. The first-order valence-corrected chi connectivity index (χ1v) is 8.54. The van der Waals surface area contributed by atoms with Crippen molar-refractivity contribution in [2.45, 2.75) is 33.1 Å². The number of carbonyl (C=O) groups excluding carboxylic acids is 2. The molecule has 0 radical (unpaired) electrons. The van der Waals surface area contributed by atoms with Crippen LogP contribution in [0, 0.1) is 6.92 Å². The van der Waals surface area contributed by atoms with E-state index >= 15 is 0 Å². The Hall–Kier alpha value is -2.08. The lowest BCUT2D eigenvalue weighted by atomic mass is 9.94. The third kappa shape index (κ3) is 6.38. The summed E-state index contributed by atoms with van der Waals surface area (Å²) in [7, 11) is 5.32. The van der Waals surface area contributed by atoms with Gasteiger partial charge in [-0.1, -0.05) is 26.0 Å². The number of nitrogens with one attached hydrogen (secondary N) is 1. The monoisotopic (exact) mass is 350 g/mol. The second kappa shape index (κ2) is 10.0. The van der Waals surface area contributed by atoms with E-state index in [0.29, 0.717) is 17.9 Å². The van der Waals surface area contributed by atoms with E-state index < -0.39 is 5.97 Å². The highest BCUT2D eigenvalue weighted by molar-refractivity contribution is 5.95. The van der Waals surface area contributed by atoms with Crippen LogP contribution in [0.3, 0.4) is 0 Å². The van der Waals surface area contributed by atoms with Gasteiger partial charge in [-0.25, -0.2) is 4.79 Å². The van der Waals surface area contributed by atoms with Crippen LogP contribution in [0.1, 0.15) is 47.7 Å². The van der Waals surface area contributed by atoms with Gasteiger partial charge in [-0.3, -0.25) is 4.79 Å². The maximum absolute atomic E-state index is 12.2. The van der Waals surface area contributed by atoms with Crippen LogP contribution in [0.15, 0.2) is 12.1 Å². The molecule has 1 rings (SSSR count). The van der Waals surface area contributed by atoms with Gasteiger partial charge < -0.3 is 19.7 Å². The summed E-state index contributed by atoms with van der Waals surface area (Å²) in [6.45, 7) is 7.21. The van der Waals surface area contributed by atoms with Crippen molar-refractivity contribution >= 4 is 11.9 Å². The molecular weight excluding hydrogens is 320 g/mol. The largest absolute Gasteiger partial charge is 0.483 e. The van der Waals surface area contributed by atoms with Crippen molar-refractivity contribution in [2.75, 3.05) is 40.9 Å². The summed E-state index contributed by atoms with van der Waals surface area (Å²) in [5.41, 5.74) is 2.04. The van der Waals surface area contributed by atoms with Gasteiger partial charge in [-0.15, -0.1) is 0 Å². The molecule has 0 bridgehead atoms. The molecule has 0 atom stereocenters. The molecule has 0 aromatic heterocycles. The molecular formula is C19H30N2O4. The van der Waals surface area contributed by atoms with Crippen molar-refractivity contribution < 1.29 is 19.1 Å². The fraction of sp³-hybridized carbons (Fsp3) is 0.579. The fourth-order valence-electron chi connectivity index (χ4n) is 2.49. The van der Waals surface area contributed by atoms with E-state index in [1.165, 1.54) is 7.11 Å². The molecule has 25 heavy (non-hydrogen) atoms. The maximum Gasteiger partial charge on any atom is 0.341 e. The first-order valence-electron chi connectivity index (χ1n) is 8.54. The van der Waals surface area contributed by atoms with E-state index in [0.717, 1.165) is 24.1 Å². The lowest BCUT2D eigenvalue weighted by Crippen LogP contribution is -2.31. The highest BCUT2D eigenvalue weighted by atomic mass is 16.5. The Morgan fingerprint density at radius 3 is 2.48 bits per heavy atom. The standard InChI is InChI=1S/C19H30N2O4/c1-13(2)15-9-8-14(3)18(17(15)19(23)24-6)25-12-16(22)20-10-7-11-21(4)5/h8-9,13H,7,10-12H2,1-6H3,(H,20,22). The molecule has 0 aliphatic carbocycles. The van der Waals surface area contributed by atoms with Gasteiger partial charge in [0.25, 0.3) is 5.91 Å². The van der Waals surface area contributed by atoms with Crippen LogP contribution in [0.4, 0.5) is 0 Å². The second-order valence-corrected chi connectivity index (χ2v) is 6.62. The molecule has 0 fully saturated rings. The molecule has 0 heterocycles. The van der Waals surface area contributed by atoms with Crippen LogP contribution in [-0.2, 0) is 9.53 Å². The zero-order valence-corrected chi connectivity index (χ0v) is 16.1. The van der Waals surface area contributed by atoms with Gasteiger partial charge >= 0.3 is 5.97 Å². The summed E-state index contributed by atoms with van der Waals surface area (Å²) in [5, 5.41) is 2.82. The molecule has 0 saturated heterocycles. The van der Waals surface area contributed by atoms with E-state index in [-0.39, 0.29) is 18.4 Å². The topological polar surface area (TPSA) is 67.9 Å². The Kier molecular flexibility index (Phi) is 8.41. The third-order valence-corrected chi connectivity index (χ3v) is 3.85. The van der Waals surface area contributed by atoms with Crippen molar-refractivity contribution in [3.8, 4) is 5.75 Å². The number of amides is 1. The van der Waals surface area contributed by atoms with Crippen LogP contribution in [-0.4, -0.2) is 57.7 Å². The number of nitrogens with zero attached hydrogens (tertiary/aromatic N) is 1. The summed E-state index contributed by atoms with van der Waals surface area (Å²) in [6.07, 6.45) is 0.869. The van der Waals surface area contributed by atoms with Crippen molar-refractivity contribution in [3.05, 3.63) is 28.8 Å². The summed E-state index contributed by atoms with van der Waals surface area (Å²) in [4.78, 5) is 26.3. The zero-order valence-electron chi connectivity index (χ0n) is 16.1. The van der Waals surface area contributed by atoms with E-state index in [1.54, 1.807) is 0 Å². The van der Waals surface area contributed by atoms with E-state index in [9.17, 15) is 9.59 Å². The molecule has 0 saturated carbocycles. The Balaban J connectivity index is 2.82. The lowest BCUT2D eigenvalue weighted by Gasteiger charge is -2.18. The molecule has 0 unspecified atom stereocenters. The highest BCUT2D eigenvalue weighted by Crippen LogP contribution is 2.32. The minimum atomic E-state index is -0.450. The summed E-state index contributed by atoms with van der Waals surface area (Å²) < 4.78 is 10.6. The quantitative estimate of drug-likeness (QED) is 0.547. The number of hydrogen-bond acceptors (Lipinski definition) is 5. The number of methoxy groups -OCH3 is 1. The number of aryl methyl sites for hydroxylation is 1. The van der Waals surface area contributed by atoms with Gasteiger partial charge in [0.2, 0.25) is 0 Å². The molecule has 0 aliphatic heterocycles. The average Bonchev–Trinajstić information content (AvgIpc) is 2.56. The number of carbonyl (C=O) groups is 2. The smallest absolute Gasteiger partial charge is 0.341 e. The predicted molar refractivity (Wildman–Crippen MR) is 98.3 cm³/mol. The predicted octanol–water partition coefficient (Wildman–Crippen LogP) is 2.35.